The van der Waals surface area contributed by atoms with Gasteiger partial charge in [0.2, 0.25) is 5.91 Å². The Labute approximate surface area is 170 Å². The molecule has 1 atom stereocenters. The van der Waals surface area contributed by atoms with Crippen LogP contribution < -0.4 is 0 Å². The maximum absolute atomic E-state index is 12.4. The van der Waals surface area contributed by atoms with E-state index in [0.717, 1.165) is 19.4 Å². The van der Waals surface area contributed by atoms with Gasteiger partial charge in [0.25, 0.3) is 0 Å². The molecule has 28 heavy (non-hydrogen) atoms. The molecule has 0 spiro atoms. The molecule has 2 heterocycles. The lowest BCUT2D eigenvalue weighted by Crippen LogP contribution is -2.39. The number of rotatable bonds is 9. The zero-order chi connectivity index (χ0) is 20.1. The summed E-state index contributed by atoms with van der Waals surface area (Å²) in [4.78, 5) is 17.1. The van der Waals surface area contributed by atoms with E-state index < -0.39 is 0 Å². The molecule has 1 aliphatic heterocycles. The lowest BCUT2D eigenvalue weighted by Gasteiger charge is -2.36. The molecule has 1 aliphatic rings. The Balaban J connectivity index is 1.76. The van der Waals surface area contributed by atoms with Crippen LogP contribution in [0.1, 0.15) is 70.2 Å². The van der Waals surface area contributed by atoms with Gasteiger partial charge >= 0.3 is 0 Å². The molecule has 0 saturated carbocycles. The van der Waals surface area contributed by atoms with Crippen LogP contribution in [0.4, 0.5) is 0 Å². The second-order valence-electron chi connectivity index (χ2n) is 8.26. The van der Waals surface area contributed by atoms with Crippen LogP contribution in [-0.2, 0) is 18.3 Å². The summed E-state index contributed by atoms with van der Waals surface area (Å²) in [7, 11) is 2.17. The average molecular weight is 384 g/mol. The van der Waals surface area contributed by atoms with Crippen molar-refractivity contribution in [3.05, 3.63) is 35.5 Å². The Morgan fingerprint density at radius 1 is 1.11 bits per heavy atom. The van der Waals surface area contributed by atoms with E-state index in [0.29, 0.717) is 0 Å². The number of para-hydroxylation sites is 1. The Kier molecular flexibility index (Phi) is 7.17. The van der Waals surface area contributed by atoms with Crippen molar-refractivity contribution >= 4 is 16.8 Å². The topological polar surface area (TPSA) is 28.5 Å². The van der Waals surface area contributed by atoms with Crippen LogP contribution >= 0.6 is 0 Å². The second-order valence-corrected chi connectivity index (χ2v) is 8.26. The fraction of sp³-hybridized carbons (Fsp3) is 0.625. The normalized spacial score (nSPS) is 16.8. The predicted molar refractivity (Wildman–Crippen MR) is 118 cm³/mol. The summed E-state index contributed by atoms with van der Waals surface area (Å²) in [5.74, 6) is 0.208. The molecule has 1 amide bonds. The number of hydrogen-bond donors (Lipinski definition) is 0. The molecule has 0 aliphatic carbocycles. The van der Waals surface area contributed by atoms with Gasteiger partial charge in [-0.2, -0.15) is 0 Å². The van der Waals surface area contributed by atoms with Crippen molar-refractivity contribution < 1.29 is 4.79 Å². The number of nitrogens with zero attached hydrogens (tertiary/aromatic N) is 3. The highest BCUT2D eigenvalue weighted by molar-refractivity contribution is 5.86. The molecule has 4 heteroatoms. The first kappa shape index (κ1) is 20.9. The third-order valence-electron chi connectivity index (χ3n) is 6.24. The van der Waals surface area contributed by atoms with Crippen molar-refractivity contribution in [2.45, 2.75) is 65.3 Å². The second kappa shape index (κ2) is 9.60. The molecule has 1 unspecified atom stereocenters. The molecule has 4 nitrogen and oxygen atoms in total. The minimum Gasteiger partial charge on any atom is -0.346 e. The van der Waals surface area contributed by atoms with E-state index in [9.17, 15) is 4.79 Å². The number of unbranched alkanes of at least 4 members (excludes halogenated alkanes) is 1. The Morgan fingerprint density at radius 3 is 2.50 bits per heavy atom. The van der Waals surface area contributed by atoms with Crippen molar-refractivity contribution in [3.8, 4) is 0 Å². The minimum absolute atomic E-state index is 0.208. The van der Waals surface area contributed by atoms with Crippen LogP contribution in [-0.4, -0.2) is 46.5 Å². The number of carbonyl (C=O) groups excluding carboxylic acids is 1. The molecular weight excluding hydrogens is 346 g/mol. The first-order chi connectivity index (χ1) is 13.6. The van der Waals surface area contributed by atoms with Gasteiger partial charge in [-0.1, -0.05) is 32.0 Å². The van der Waals surface area contributed by atoms with Gasteiger partial charge < -0.3 is 14.4 Å². The number of benzene rings is 1. The molecule has 0 saturated heterocycles. The van der Waals surface area contributed by atoms with Gasteiger partial charge in [0, 0.05) is 37.1 Å². The van der Waals surface area contributed by atoms with Crippen molar-refractivity contribution in [2.75, 3.05) is 26.2 Å². The van der Waals surface area contributed by atoms with Gasteiger partial charge in [0.15, 0.2) is 0 Å². The molecule has 0 N–H and O–H groups in total. The number of aromatic nitrogens is 1. The average Bonchev–Trinajstić information content (AvgIpc) is 2.98. The largest absolute Gasteiger partial charge is 0.346 e. The lowest BCUT2D eigenvalue weighted by molar-refractivity contribution is -0.132. The SMILES string of the molecule is CCCN(CCC)CCCCC1c2c(c3ccccc3n2C)CCN1C(C)=O. The van der Waals surface area contributed by atoms with E-state index in [4.69, 9.17) is 0 Å². The number of amides is 1. The van der Waals surface area contributed by atoms with E-state index in [1.165, 1.54) is 67.5 Å². The van der Waals surface area contributed by atoms with E-state index in [1.54, 1.807) is 6.92 Å². The number of aryl methyl sites for hydroxylation is 1. The number of hydrogen-bond acceptors (Lipinski definition) is 2. The molecule has 2 aromatic rings. The van der Waals surface area contributed by atoms with Crippen molar-refractivity contribution in [3.63, 3.8) is 0 Å². The van der Waals surface area contributed by atoms with Crippen LogP contribution in [0.3, 0.4) is 0 Å². The van der Waals surface area contributed by atoms with Gasteiger partial charge in [-0.25, -0.2) is 0 Å². The molecule has 1 aromatic heterocycles. The summed E-state index contributed by atoms with van der Waals surface area (Å²) in [6.07, 6.45) is 6.84. The summed E-state index contributed by atoms with van der Waals surface area (Å²) >= 11 is 0. The minimum atomic E-state index is 0.208. The molecule has 154 valence electrons. The number of carbonyl (C=O) groups is 1. The standard InChI is InChI=1S/C24H37N3O/c1-5-15-26(16-6-2)17-10-9-13-23-24-21(14-18-27(23)19(3)28)20-11-7-8-12-22(20)25(24)4/h7-8,11-12,23H,5-6,9-10,13-18H2,1-4H3. The predicted octanol–water partition coefficient (Wildman–Crippen LogP) is 4.92. The van der Waals surface area contributed by atoms with E-state index in [2.05, 4.69) is 59.5 Å². The van der Waals surface area contributed by atoms with Crippen molar-refractivity contribution in [1.82, 2.24) is 14.4 Å². The molecule has 0 bridgehead atoms. The number of fused-ring (bicyclic) bond motifs is 3. The van der Waals surface area contributed by atoms with Crippen LogP contribution in [0.25, 0.3) is 10.9 Å². The van der Waals surface area contributed by atoms with Crippen LogP contribution in [0.5, 0.6) is 0 Å². The molecule has 0 radical (unpaired) electrons. The molecule has 3 rings (SSSR count). The summed E-state index contributed by atoms with van der Waals surface area (Å²) in [5, 5.41) is 1.37. The lowest BCUT2D eigenvalue weighted by atomic mass is 9.93. The fourth-order valence-electron chi connectivity index (χ4n) is 5.03. The smallest absolute Gasteiger partial charge is 0.220 e. The van der Waals surface area contributed by atoms with Gasteiger partial charge in [0.05, 0.1) is 6.04 Å². The van der Waals surface area contributed by atoms with Crippen LogP contribution in [0, 0.1) is 0 Å². The summed E-state index contributed by atoms with van der Waals surface area (Å²) in [5.41, 5.74) is 4.11. The Hall–Kier alpha value is -1.81. The highest BCUT2D eigenvalue weighted by atomic mass is 16.2. The Bertz CT molecular complexity index is 788. The zero-order valence-electron chi connectivity index (χ0n) is 18.2. The van der Waals surface area contributed by atoms with Crippen LogP contribution in [0.15, 0.2) is 24.3 Å². The first-order valence-electron chi connectivity index (χ1n) is 11.1. The zero-order valence-corrected chi connectivity index (χ0v) is 18.2. The molecular formula is C24H37N3O. The third kappa shape index (κ3) is 4.27. The monoisotopic (exact) mass is 383 g/mol. The maximum Gasteiger partial charge on any atom is 0.220 e. The van der Waals surface area contributed by atoms with Crippen molar-refractivity contribution in [1.29, 1.82) is 0 Å². The van der Waals surface area contributed by atoms with Crippen molar-refractivity contribution in [2.24, 2.45) is 7.05 Å². The summed E-state index contributed by atoms with van der Waals surface area (Å²) in [6, 6.07) is 8.90. The quantitative estimate of drug-likeness (QED) is 0.575. The van der Waals surface area contributed by atoms with E-state index in [-0.39, 0.29) is 11.9 Å². The van der Waals surface area contributed by atoms with Crippen LogP contribution in [0.2, 0.25) is 0 Å². The van der Waals surface area contributed by atoms with E-state index in [1.807, 2.05) is 0 Å². The fourth-order valence-corrected chi connectivity index (χ4v) is 5.03. The van der Waals surface area contributed by atoms with Gasteiger partial charge in [-0.05, 0) is 69.8 Å². The maximum atomic E-state index is 12.4. The Morgan fingerprint density at radius 2 is 1.82 bits per heavy atom. The summed E-state index contributed by atoms with van der Waals surface area (Å²) < 4.78 is 2.34. The summed E-state index contributed by atoms with van der Waals surface area (Å²) in [6.45, 7) is 10.7. The van der Waals surface area contributed by atoms with Gasteiger partial charge in [-0.15, -0.1) is 0 Å². The molecule has 1 aromatic carbocycles. The third-order valence-corrected chi connectivity index (χ3v) is 6.24. The highest BCUT2D eigenvalue weighted by Crippen LogP contribution is 2.38. The highest BCUT2D eigenvalue weighted by Gasteiger charge is 2.32. The van der Waals surface area contributed by atoms with Gasteiger partial charge in [-0.3, -0.25) is 4.79 Å². The van der Waals surface area contributed by atoms with Gasteiger partial charge in [0.1, 0.15) is 0 Å². The molecule has 0 fully saturated rings. The first-order valence-corrected chi connectivity index (χ1v) is 11.1. The van der Waals surface area contributed by atoms with E-state index >= 15 is 0 Å².